The van der Waals surface area contributed by atoms with Crippen molar-refractivity contribution in [1.82, 2.24) is 0 Å². The zero-order valence-electron chi connectivity index (χ0n) is 11.0. The molecule has 0 unspecified atom stereocenters. The summed E-state index contributed by atoms with van der Waals surface area (Å²) in [7, 11) is 0. The fourth-order valence-electron chi connectivity index (χ4n) is 2.15. The van der Waals surface area contributed by atoms with Crippen LogP contribution in [-0.4, -0.2) is 6.54 Å². The molecule has 2 heteroatoms. The molecule has 1 nitrogen and oxygen atoms in total. The van der Waals surface area contributed by atoms with Crippen LogP contribution < -0.4 is 5.73 Å². The van der Waals surface area contributed by atoms with Crippen molar-refractivity contribution in [1.29, 1.82) is 0 Å². The van der Waals surface area contributed by atoms with Gasteiger partial charge in [0.1, 0.15) is 0 Å². The van der Waals surface area contributed by atoms with Gasteiger partial charge in [-0.2, -0.15) is 11.3 Å². The van der Waals surface area contributed by atoms with E-state index in [0.29, 0.717) is 0 Å². The quantitative estimate of drug-likeness (QED) is 0.565. The predicted octanol–water partition coefficient (Wildman–Crippen LogP) is 4.76. The molecule has 1 heterocycles. The molecule has 0 aromatic carbocycles. The average Bonchev–Trinajstić information content (AvgIpc) is 2.85. The van der Waals surface area contributed by atoms with Gasteiger partial charge in [0.25, 0.3) is 0 Å². The lowest BCUT2D eigenvalue weighted by Crippen LogP contribution is -1.97. The molecule has 2 N–H and O–H groups in total. The zero-order valence-corrected chi connectivity index (χ0v) is 11.8. The number of hydrogen-bond donors (Lipinski definition) is 1. The second-order valence-corrected chi connectivity index (χ2v) is 5.63. The molecule has 0 saturated heterocycles. The van der Waals surface area contributed by atoms with E-state index in [2.05, 4.69) is 16.8 Å². The molecule has 1 rings (SSSR count). The summed E-state index contributed by atoms with van der Waals surface area (Å²) in [5.74, 6) is 0. The Morgan fingerprint density at radius 1 is 0.824 bits per heavy atom. The number of aryl methyl sites for hydroxylation is 1. The van der Waals surface area contributed by atoms with E-state index in [9.17, 15) is 0 Å². The van der Waals surface area contributed by atoms with E-state index < -0.39 is 0 Å². The Hall–Kier alpha value is -0.340. The van der Waals surface area contributed by atoms with Gasteiger partial charge in [0.2, 0.25) is 0 Å². The maximum absolute atomic E-state index is 5.47. The minimum Gasteiger partial charge on any atom is -0.330 e. The molecule has 0 aliphatic carbocycles. The van der Waals surface area contributed by atoms with Gasteiger partial charge in [0, 0.05) is 0 Å². The number of thiophene rings is 1. The second-order valence-electron chi connectivity index (χ2n) is 4.85. The van der Waals surface area contributed by atoms with E-state index in [1.165, 1.54) is 69.8 Å². The van der Waals surface area contributed by atoms with Crippen LogP contribution in [0.3, 0.4) is 0 Å². The highest BCUT2D eigenvalue weighted by molar-refractivity contribution is 7.07. The first-order valence-electron chi connectivity index (χ1n) is 7.14. The Morgan fingerprint density at radius 2 is 1.41 bits per heavy atom. The number of unbranched alkanes of at least 4 members (excludes halogenated alkanes) is 8. The first-order valence-corrected chi connectivity index (χ1v) is 8.09. The predicted molar refractivity (Wildman–Crippen MR) is 78.6 cm³/mol. The van der Waals surface area contributed by atoms with E-state index in [1.807, 2.05) is 11.3 Å². The Morgan fingerprint density at radius 3 is 1.94 bits per heavy atom. The molecule has 0 saturated carbocycles. The van der Waals surface area contributed by atoms with E-state index in [1.54, 1.807) is 0 Å². The molecular weight excluding hydrogens is 226 g/mol. The summed E-state index contributed by atoms with van der Waals surface area (Å²) in [6.07, 6.45) is 13.6. The third-order valence-corrected chi connectivity index (χ3v) is 3.98. The zero-order chi connectivity index (χ0) is 12.2. The Balaban J connectivity index is 1.76. The summed E-state index contributed by atoms with van der Waals surface area (Å²) < 4.78 is 0. The highest BCUT2D eigenvalue weighted by atomic mass is 32.1. The van der Waals surface area contributed by atoms with Gasteiger partial charge in [0.15, 0.2) is 0 Å². The van der Waals surface area contributed by atoms with Crippen molar-refractivity contribution in [2.24, 2.45) is 5.73 Å². The van der Waals surface area contributed by atoms with Crippen molar-refractivity contribution in [3.8, 4) is 0 Å². The van der Waals surface area contributed by atoms with Gasteiger partial charge < -0.3 is 5.73 Å². The summed E-state index contributed by atoms with van der Waals surface area (Å²) in [5.41, 5.74) is 6.99. The van der Waals surface area contributed by atoms with Crippen LogP contribution in [-0.2, 0) is 6.42 Å². The molecule has 0 amide bonds. The van der Waals surface area contributed by atoms with Crippen LogP contribution >= 0.6 is 11.3 Å². The summed E-state index contributed by atoms with van der Waals surface area (Å²) in [6.45, 7) is 0.864. The Bertz CT molecular complexity index is 243. The lowest BCUT2D eigenvalue weighted by Gasteiger charge is -2.01. The smallest absolute Gasteiger partial charge is 0.00613 e. The SMILES string of the molecule is NCCCCCCCCCCCc1ccsc1. The average molecular weight is 253 g/mol. The molecule has 0 radical (unpaired) electrons. The molecule has 0 bridgehead atoms. The van der Waals surface area contributed by atoms with Gasteiger partial charge in [-0.25, -0.2) is 0 Å². The van der Waals surface area contributed by atoms with E-state index in [4.69, 9.17) is 5.73 Å². The van der Waals surface area contributed by atoms with Crippen molar-refractivity contribution in [3.05, 3.63) is 22.4 Å². The largest absolute Gasteiger partial charge is 0.330 e. The Kier molecular flexibility index (Phi) is 9.34. The fourth-order valence-corrected chi connectivity index (χ4v) is 2.85. The second kappa shape index (κ2) is 10.8. The highest BCUT2D eigenvalue weighted by Gasteiger charge is 1.94. The van der Waals surface area contributed by atoms with Crippen molar-refractivity contribution in [2.45, 2.75) is 64.2 Å². The molecule has 0 fully saturated rings. The molecule has 0 atom stereocenters. The number of hydrogen-bond acceptors (Lipinski definition) is 2. The van der Waals surface area contributed by atoms with E-state index in [0.717, 1.165) is 6.54 Å². The summed E-state index contributed by atoms with van der Waals surface area (Å²) in [5, 5.41) is 4.45. The topological polar surface area (TPSA) is 26.0 Å². The molecule has 1 aromatic heterocycles. The van der Waals surface area contributed by atoms with E-state index >= 15 is 0 Å². The molecular formula is C15H27NS. The summed E-state index contributed by atoms with van der Waals surface area (Å²) >= 11 is 1.81. The third-order valence-electron chi connectivity index (χ3n) is 3.25. The van der Waals surface area contributed by atoms with Crippen LogP contribution in [0, 0.1) is 0 Å². The van der Waals surface area contributed by atoms with Crippen LogP contribution in [0.1, 0.15) is 63.4 Å². The van der Waals surface area contributed by atoms with Gasteiger partial charge >= 0.3 is 0 Å². The van der Waals surface area contributed by atoms with Gasteiger partial charge in [-0.3, -0.25) is 0 Å². The number of rotatable bonds is 11. The number of nitrogens with two attached hydrogens (primary N) is 1. The van der Waals surface area contributed by atoms with Crippen LogP contribution in [0.4, 0.5) is 0 Å². The molecule has 98 valence electrons. The fraction of sp³-hybridized carbons (Fsp3) is 0.733. The van der Waals surface area contributed by atoms with Crippen molar-refractivity contribution >= 4 is 11.3 Å². The van der Waals surface area contributed by atoms with Gasteiger partial charge in [-0.1, -0.05) is 44.9 Å². The lowest BCUT2D eigenvalue weighted by atomic mass is 10.1. The summed E-state index contributed by atoms with van der Waals surface area (Å²) in [6, 6.07) is 2.25. The molecule has 0 spiro atoms. The normalized spacial score (nSPS) is 10.9. The third kappa shape index (κ3) is 8.39. The van der Waals surface area contributed by atoms with Crippen LogP contribution in [0.15, 0.2) is 16.8 Å². The standard InChI is InChI=1S/C15H27NS/c16-12-9-7-5-3-1-2-4-6-8-10-15-11-13-17-14-15/h11,13-14H,1-10,12,16H2. The van der Waals surface area contributed by atoms with Crippen LogP contribution in [0.5, 0.6) is 0 Å². The van der Waals surface area contributed by atoms with Crippen molar-refractivity contribution in [2.75, 3.05) is 6.54 Å². The monoisotopic (exact) mass is 253 g/mol. The Labute approximate surface area is 110 Å². The minimum atomic E-state index is 0.864. The maximum atomic E-state index is 5.47. The molecule has 0 aliphatic rings. The molecule has 0 aliphatic heterocycles. The van der Waals surface area contributed by atoms with Crippen LogP contribution in [0.25, 0.3) is 0 Å². The van der Waals surface area contributed by atoms with Crippen molar-refractivity contribution < 1.29 is 0 Å². The van der Waals surface area contributed by atoms with Gasteiger partial charge in [-0.05, 0) is 48.2 Å². The summed E-state index contributed by atoms with van der Waals surface area (Å²) in [4.78, 5) is 0. The maximum Gasteiger partial charge on any atom is -0.00613 e. The highest BCUT2D eigenvalue weighted by Crippen LogP contribution is 2.13. The van der Waals surface area contributed by atoms with Crippen LogP contribution in [0.2, 0.25) is 0 Å². The lowest BCUT2D eigenvalue weighted by molar-refractivity contribution is 0.560. The molecule has 1 aromatic rings. The van der Waals surface area contributed by atoms with Gasteiger partial charge in [-0.15, -0.1) is 0 Å². The van der Waals surface area contributed by atoms with Gasteiger partial charge in [0.05, 0.1) is 0 Å². The van der Waals surface area contributed by atoms with E-state index in [-0.39, 0.29) is 0 Å². The minimum absolute atomic E-state index is 0.864. The van der Waals surface area contributed by atoms with Crippen molar-refractivity contribution in [3.63, 3.8) is 0 Å². The molecule has 17 heavy (non-hydrogen) atoms. The first kappa shape index (κ1) is 14.7. The first-order chi connectivity index (χ1) is 8.43.